The van der Waals surface area contributed by atoms with E-state index in [1.54, 1.807) is 0 Å². The van der Waals surface area contributed by atoms with Gasteiger partial charge in [0.05, 0.1) is 0 Å². The standard InChI is InChI=1S/C18H26N2/c1-14(13-20-10-3-2-4-11-20)15-8-9-17-16(12-15)6-5-7-18(17)19/h8-9,12,18H,1-7,10-11,13,19H2/t18-/m1/s1. The largest absolute Gasteiger partial charge is 0.324 e. The molecule has 20 heavy (non-hydrogen) atoms. The molecule has 1 aromatic carbocycles. The summed E-state index contributed by atoms with van der Waals surface area (Å²) in [6.07, 6.45) is 7.59. The van der Waals surface area contributed by atoms with Crippen LogP contribution >= 0.6 is 0 Å². The van der Waals surface area contributed by atoms with Crippen LogP contribution in [0.4, 0.5) is 0 Å². The minimum atomic E-state index is 0.239. The Labute approximate surface area is 122 Å². The van der Waals surface area contributed by atoms with Gasteiger partial charge in [0, 0.05) is 12.6 Å². The lowest BCUT2D eigenvalue weighted by atomic mass is 9.86. The first-order valence-electron chi connectivity index (χ1n) is 8.03. The molecule has 1 aliphatic carbocycles. The number of likely N-dealkylation sites (tertiary alicyclic amines) is 1. The molecular formula is C18H26N2. The number of piperidine rings is 1. The van der Waals surface area contributed by atoms with Crippen LogP contribution in [0.3, 0.4) is 0 Å². The fraction of sp³-hybridized carbons (Fsp3) is 0.556. The zero-order valence-corrected chi connectivity index (χ0v) is 12.4. The summed E-state index contributed by atoms with van der Waals surface area (Å²) in [5, 5.41) is 0. The fourth-order valence-electron chi connectivity index (χ4n) is 3.55. The van der Waals surface area contributed by atoms with Gasteiger partial charge in [0.25, 0.3) is 0 Å². The van der Waals surface area contributed by atoms with Crippen LogP contribution < -0.4 is 5.73 Å². The lowest BCUT2D eigenvalue weighted by molar-refractivity contribution is 0.255. The van der Waals surface area contributed by atoms with Crippen molar-refractivity contribution < 1.29 is 0 Å². The number of nitrogens with two attached hydrogens (primary N) is 1. The molecule has 0 amide bonds. The Morgan fingerprint density at radius 3 is 2.80 bits per heavy atom. The van der Waals surface area contributed by atoms with E-state index in [9.17, 15) is 0 Å². The summed E-state index contributed by atoms with van der Waals surface area (Å²) in [6.45, 7) is 7.79. The van der Waals surface area contributed by atoms with Crippen molar-refractivity contribution in [1.29, 1.82) is 0 Å². The van der Waals surface area contributed by atoms with Gasteiger partial charge in [-0.25, -0.2) is 0 Å². The first-order chi connectivity index (χ1) is 9.74. The zero-order chi connectivity index (χ0) is 13.9. The van der Waals surface area contributed by atoms with Gasteiger partial charge in [0.2, 0.25) is 0 Å². The maximum absolute atomic E-state index is 6.19. The third kappa shape index (κ3) is 2.97. The first-order valence-corrected chi connectivity index (χ1v) is 8.03. The Bertz CT molecular complexity index is 486. The smallest absolute Gasteiger partial charge is 0.0297 e. The quantitative estimate of drug-likeness (QED) is 0.910. The van der Waals surface area contributed by atoms with Crippen LogP contribution in [-0.4, -0.2) is 24.5 Å². The van der Waals surface area contributed by atoms with Gasteiger partial charge >= 0.3 is 0 Å². The predicted octanol–water partition coefficient (Wildman–Crippen LogP) is 3.52. The SMILES string of the molecule is C=C(CN1CCCCC1)c1ccc2c(c1)CCC[C@H]2N. The van der Waals surface area contributed by atoms with Crippen molar-refractivity contribution in [3.63, 3.8) is 0 Å². The van der Waals surface area contributed by atoms with Crippen LogP contribution in [0.1, 0.15) is 54.8 Å². The molecule has 2 N–H and O–H groups in total. The molecule has 1 saturated heterocycles. The molecule has 1 heterocycles. The molecule has 1 fully saturated rings. The number of aryl methyl sites for hydroxylation is 1. The predicted molar refractivity (Wildman–Crippen MR) is 85.6 cm³/mol. The zero-order valence-electron chi connectivity index (χ0n) is 12.4. The van der Waals surface area contributed by atoms with Gasteiger partial charge in [-0.15, -0.1) is 0 Å². The van der Waals surface area contributed by atoms with Gasteiger partial charge in [0.1, 0.15) is 0 Å². The van der Waals surface area contributed by atoms with Gasteiger partial charge in [-0.05, 0) is 67.5 Å². The van der Waals surface area contributed by atoms with Crippen molar-refractivity contribution in [2.24, 2.45) is 5.73 Å². The molecule has 108 valence electrons. The Balaban J connectivity index is 1.71. The van der Waals surface area contributed by atoms with Crippen LogP contribution in [-0.2, 0) is 6.42 Å². The summed E-state index contributed by atoms with van der Waals surface area (Å²) in [7, 11) is 0. The van der Waals surface area contributed by atoms with Gasteiger partial charge < -0.3 is 5.73 Å². The summed E-state index contributed by atoms with van der Waals surface area (Å²) in [6, 6.07) is 7.02. The molecular weight excluding hydrogens is 244 g/mol. The van der Waals surface area contributed by atoms with E-state index in [2.05, 4.69) is 29.7 Å². The molecule has 0 saturated carbocycles. The van der Waals surface area contributed by atoms with E-state index < -0.39 is 0 Å². The minimum absolute atomic E-state index is 0.239. The maximum Gasteiger partial charge on any atom is 0.0297 e. The van der Waals surface area contributed by atoms with E-state index in [-0.39, 0.29) is 6.04 Å². The van der Waals surface area contributed by atoms with Gasteiger partial charge in [-0.2, -0.15) is 0 Å². The number of hydrogen-bond donors (Lipinski definition) is 1. The number of fused-ring (bicyclic) bond motifs is 1. The highest BCUT2D eigenvalue weighted by Crippen LogP contribution is 2.30. The normalized spacial score (nSPS) is 23.4. The first kappa shape index (κ1) is 13.8. The summed E-state index contributed by atoms with van der Waals surface area (Å²) >= 11 is 0. The average molecular weight is 270 g/mol. The molecule has 0 spiro atoms. The number of nitrogens with zero attached hydrogens (tertiary/aromatic N) is 1. The molecule has 2 heteroatoms. The Hall–Kier alpha value is -1.12. The van der Waals surface area contributed by atoms with Crippen LogP contribution in [0.15, 0.2) is 24.8 Å². The van der Waals surface area contributed by atoms with E-state index in [4.69, 9.17) is 5.73 Å². The second-order valence-electron chi connectivity index (χ2n) is 6.35. The second-order valence-corrected chi connectivity index (χ2v) is 6.35. The van der Waals surface area contributed by atoms with E-state index in [0.717, 1.165) is 13.0 Å². The van der Waals surface area contributed by atoms with Crippen molar-refractivity contribution in [2.45, 2.75) is 44.6 Å². The van der Waals surface area contributed by atoms with E-state index >= 15 is 0 Å². The second kappa shape index (κ2) is 6.11. The summed E-state index contributed by atoms with van der Waals surface area (Å²) in [4.78, 5) is 2.54. The fourth-order valence-corrected chi connectivity index (χ4v) is 3.55. The van der Waals surface area contributed by atoms with E-state index in [1.165, 1.54) is 67.5 Å². The van der Waals surface area contributed by atoms with Crippen molar-refractivity contribution >= 4 is 5.57 Å². The summed E-state index contributed by atoms with van der Waals surface area (Å²) in [5.74, 6) is 0. The van der Waals surface area contributed by atoms with Gasteiger partial charge in [0.15, 0.2) is 0 Å². The molecule has 1 aromatic rings. The minimum Gasteiger partial charge on any atom is -0.324 e. The third-order valence-electron chi connectivity index (χ3n) is 4.78. The third-order valence-corrected chi connectivity index (χ3v) is 4.78. The molecule has 0 aromatic heterocycles. The molecule has 0 bridgehead atoms. The highest BCUT2D eigenvalue weighted by atomic mass is 15.1. The summed E-state index contributed by atoms with van der Waals surface area (Å²) in [5.41, 5.74) is 11.6. The van der Waals surface area contributed by atoms with Crippen molar-refractivity contribution in [1.82, 2.24) is 4.90 Å². The van der Waals surface area contributed by atoms with Crippen molar-refractivity contribution in [3.8, 4) is 0 Å². The molecule has 2 aliphatic rings. The van der Waals surface area contributed by atoms with Crippen LogP contribution in [0.2, 0.25) is 0 Å². The summed E-state index contributed by atoms with van der Waals surface area (Å²) < 4.78 is 0. The number of benzene rings is 1. The molecule has 3 rings (SSSR count). The molecule has 0 unspecified atom stereocenters. The lowest BCUT2D eigenvalue weighted by Gasteiger charge is -2.28. The van der Waals surface area contributed by atoms with Crippen LogP contribution in [0.5, 0.6) is 0 Å². The Kier molecular flexibility index (Phi) is 4.23. The van der Waals surface area contributed by atoms with Gasteiger partial charge in [-0.3, -0.25) is 4.90 Å². The van der Waals surface area contributed by atoms with Gasteiger partial charge in [-0.1, -0.05) is 31.2 Å². The molecule has 0 radical (unpaired) electrons. The topological polar surface area (TPSA) is 29.3 Å². The van der Waals surface area contributed by atoms with E-state index in [1.807, 2.05) is 0 Å². The van der Waals surface area contributed by atoms with Crippen molar-refractivity contribution in [3.05, 3.63) is 41.5 Å². The van der Waals surface area contributed by atoms with E-state index in [0.29, 0.717) is 0 Å². The lowest BCUT2D eigenvalue weighted by Crippen LogP contribution is -2.31. The molecule has 1 atom stereocenters. The Morgan fingerprint density at radius 1 is 1.20 bits per heavy atom. The highest BCUT2D eigenvalue weighted by molar-refractivity contribution is 5.66. The maximum atomic E-state index is 6.19. The Morgan fingerprint density at radius 2 is 2.00 bits per heavy atom. The number of rotatable bonds is 3. The average Bonchev–Trinajstić information content (AvgIpc) is 2.48. The van der Waals surface area contributed by atoms with Crippen LogP contribution in [0.25, 0.3) is 5.57 Å². The monoisotopic (exact) mass is 270 g/mol. The van der Waals surface area contributed by atoms with Crippen molar-refractivity contribution in [2.75, 3.05) is 19.6 Å². The molecule has 2 nitrogen and oxygen atoms in total. The highest BCUT2D eigenvalue weighted by Gasteiger charge is 2.18. The molecule has 1 aliphatic heterocycles. The number of hydrogen-bond acceptors (Lipinski definition) is 2. The van der Waals surface area contributed by atoms with Crippen LogP contribution in [0, 0.1) is 0 Å².